The van der Waals surface area contributed by atoms with Crippen LogP contribution < -0.4 is 11.4 Å². The van der Waals surface area contributed by atoms with Crippen molar-refractivity contribution in [1.29, 1.82) is 0 Å². The topological polar surface area (TPSA) is 92.0 Å². The van der Waals surface area contributed by atoms with Crippen LogP contribution in [0.1, 0.15) is 0 Å². The second kappa shape index (κ2) is 4.64. The molecular weight excluding hydrogens is 177 g/mol. The Balaban J connectivity index is 0.000000461. The summed E-state index contributed by atoms with van der Waals surface area (Å²) in [5, 5.41) is 0. The van der Waals surface area contributed by atoms with Crippen LogP contribution in [0.15, 0.2) is 11.0 Å². The SMILES string of the molecule is Nc1nc(=O)[nH]cc1F.OCl. The highest BCUT2D eigenvalue weighted by atomic mass is 35.5. The Morgan fingerprint density at radius 2 is 2.27 bits per heavy atom. The van der Waals surface area contributed by atoms with E-state index in [1.807, 2.05) is 4.98 Å². The molecule has 0 unspecified atom stereocenters. The minimum absolute atomic E-state index is 0.376. The fourth-order valence-electron chi connectivity index (χ4n) is 0.394. The number of nitrogens with zero attached hydrogens (tertiary/aromatic N) is 1. The van der Waals surface area contributed by atoms with Gasteiger partial charge in [-0.2, -0.15) is 4.98 Å². The summed E-state index contributed by atoms with van der Waals surface area (Å²) in [6, 6.07) is 0. The fourth-order valence-corrected chi connectivity index (χ4v) is 0.394. The van der Waals surface area contributed by atoms with E-state index >= 15 is 0 Å². The molecule has 0 radical (unpaired) electrons. The summed E-state index contributed by atoms with van der Waals surface area (Å²) in [7, 11) is 0. The van der Waals surface area contributed by atoms with E-state index in [-0.39, 0.29) is 5.82 Å². The van der Waals surface area contributed by atoms with Gasteiger partial charge in [-0.05, 0) is 0 Å². The lowest BCUT2D eigenvalue weighted by Crippen LogP contribution is -2.12. The summed E-state index contributed by atoms with van der Waals surface area (Å²) in [4.78, 5) is 15.3. The van der Waals surface area contributed by atoms with Crippen molar-refractivity contribution >= 4 is 17.7 Å². The molecule has 0 bridgehead atoms. The van der Waals surface area contributed by atoms with Gasteiger partial charge in [0, 0.05) is 6.20 Å². The van der Waals surface area contributed by atoms with E-state index in [4.69, 9.17) is 10.4 Å². The monoisotopic (exact) mass is 181 g/mol. The molecule has 0 spiro atoms. The van der Waals surface area contributed by atoms with Gasteiger partial charge >= 0.3 is 5.69 Å². The number of aromatic amines is 1. The quantitative estimate of drug-likeness (QED) is 0.509. The van der Waals surface area contributed by atoms with E-state index < -0.39 is 11.5 Å². The summed E-state index contributed by atoms with van der Waals surface area (Å²) in [5.74, 6) is -1.09. The number of aromatic nitrogens is 2. The van der Waals surface area contributed by atoms with E-state index in [0.29, 0.717) is 0 Å². The third kappa shape index (κ3) is 2.96. The second-order valence-electron chi connectivity index (χ2n) is 1.44. The molecule has 7 heteroatoms. The van der Waals surface area contributed by atoms with Crippen molar-refractivity contribution in [2.45, 2.75) is 0 Å². The maximum Gasteiger partial charge on any atom is 0.347 e. The predicted octanol–water partition coefficient (Wildman–Crippen LogP) is -0.376. The molecular formula is C4H5ClFN3O2. The van der Waals surface area contributed by atoms with Crippen molar-refractivity contribution in [3.8, 4) is 0 Å². The van der Waals surface area contributed by atoms with Crippen LogP contribution in [0.3, 0.4) is 0 Å². The van der Waals surface area contributed by atoms with Crippen LogP contribution in [0.25, 0.3) is 0 Å². The number of nitrogen functional groups attached to an aromatic ring is 1. The Hall–Kier alpha value is -1.14. The predicted molar refractivity (Wildman–Crippen MR) is 37.3 cm³/mol. The van der Waals surface area contributed by atoms with Crippen molar-refractivity contribution in [3.63, 3.8) is 0 Å². The highest BCUT2D eigenvalue weighted by Crippen LogP contribution is 1.96. The maximum absolute atomic E-state index is 12.1. The molecule has 0 fully saturated rings. The van der Waals surface area contributed by atoms with Crippen LogP contribution in [-0.4, -0.2) is 14.6 Å². The zero-order chi connectivity index (χ0) is 8.85. The molecule has 0 aliphatic heterocycles. The molecule has 62 valence electrons. The maximum atomic E-state index is 12.1. The number of rotatable bonds is 0. The number of hydrogen-bond donors (Lipinski definition) is 3. The molecule has 11 heavy (non-hydrogen) atoms. The van der Waals surface area contributed by atoms with Crippen LogP contribution in [0.4, 0.5) is 10.2 Å². The molecule has 1 aromatic rings. The fraction of sp³-hybridized carbons (Fsp3) is 0. The van der Waals surface area contributed by atoms with Gasteiger partial charge in [-0.1, -0.05) is 0 Å². The van der Waals surface area contributed by atoms with Gasteiger partial charge in [0.25, 0.3) is 0 Å². The molecule has 0 atom stereocenters. The molecule has 1 heterocycles. The van der Waals surface area contributed by atoms with Crippen LogP contribution in [-0.2, 0) is 0 Å². The molecule has 0 aliphatic rings. The summed E-state index contributed by atoms with van der Waals surface area (Å²) in [6.07, 6.45) is 0.866. The highest BCUT2D eigenvalue weighted by Gasteiger charge is 1.96. The molecule has 0 saturated heterocycles. The van der Waals surface area contributed by atoms with Crippen LogP contribution in [0.2, 0.25) is 0 Å². The number of nitrogens with one attached hydrogen (secondary N) is 1. The van der Waals surface area contributed by atoms with Crippen molar-refractivity contribution < 1.29 is 9.05 Å². The smallest absolute Gasteiger partial charge is 0.347 e. The van der Waals surface area contributed by atoms with Gasteiger partial charge in [-0.25, -0.2) is 9.18 Å². The van der Waals surface area contributed by atoms with E-state index in [9.17, 15) is 9.18 Å². The van der Waals surface area contributed by atoms with Gasteiger partial charge in [0.15, 0.2) is 11.6 Å². The molecule has 1 aromatic heterocycles. The van der Waals surface area contributed by atoms with Gasteiger partial charge in [-0.15, -0.1) is 0 Å². The second-order valence-corrected chi connectivity index (χ2v) is 1.44. The minimum Gasteiger partial charge on any atom is -0.381 e. The molecule has 0 aromatic carbocycles. The third-order valence-corrected chi connectivity index (χ3v) is 0.789. The Bertz CT molecular complexity index is 276. The Labute approximate surface area is 65.8 Å². The molecule has 4 N–H and O–H groups in total. The first kappa shape index (κ1) is 9.86. The van der Waals surface area contributed by atoms with Crippen molar-refractivity contribution in [1.82, 2.24) is 9.97 Å². The van der Waals surface area contributed by atoms with Crippen molar-refractivity contribution in [2.75, 3.05) is 5.73 Å². The number of halogens is 2. The summed E-state index contributed by atoms with van der Waals surface area (Å²) < 4.78 is 18.6. The lowest BCUT2D eigenvalue weighted by Gasteiger charge is -1.88. The highest BCUT2D eigenvalue weighted by molar-refractivity contribution is 6.04. The van der Waals surface area contributed by atoms with Gasteiger partial charge in [0.05, 0.1) is 11.9 Å². The average molecular weight is 182 g/mol. The van der Waals surface area contributed by atoms with Gasteiger partial charge in [0.2, 0.25) is 0 Å². The zero-order valence-electron chi connectivity index (χ0n) is 5.21. The van der Waals surface area contributed by atoms with Crippen LogP contribution in [0, 0.1) is 5.82 Å². The van der Waals surface area contributed by atoms with Gasteiger partial charge in [-0.3, -0.25) is 4.66 Å². The van der Waals surface area contributed by atoms with Crippen molar-refractivity contribution in [3.05, 3.63) is 22.5 Å². The lowest BCUT2D eigenvalue weighted by atomic mass is 10.6. The van der Waals surface area contributed by atoms with E-state index in [1.165, 1.54) is 0 Å². The first-order valence-corrected chi connectivity index (χ1v) is 2.71. The molecule has 0 aliphatic carbocycles. The van der Waals surface area contributed by atoms with Crippen molar-refractivity contribution in [2.24, 2.45) is 0 Å². The van der Waals surface area contributed by atoms with E-state index in [1.54, 1.807) is 0 Å². The number of anilines is 1. The Morgan fingerprint density at radius 1 is 1.73 bits per heavy atom. The van der Waals surface area contributed by atoms with E-state index in [0.717, 1.165) is 6.20 Å². The summed E-state index contributed by atoms with van der Waals surface area (Å²) in [6.45, 7) is 0. The van der Waals surface area contributed by atoms with Crippen LogP contribution in [0.5, 0.6) is 0 Å². The third-order valence-electron chi connectivity index (χ3n) is 0.789. The average Bonchev–Trinajstić information content (AvgIpc) is 2.02. The van der Waals surface area contributed by atoms with Gasteiger partial charge in [0.1, 0.15) is 0 Å². The summed E-state index contributed by atoms with van der Waals surface area (Å²) in [5.41, 5.74) is 4.27. The number of hydrogen-bond acceptors (Lipinski definition) is 4. The summed E-state index contributed by atoms with van der Waals surface area (Å²) >= 11 is 3.64. The van der Waals surface area contributed by atoms with Gasteiger partial charge < -0.3 is 10.7 Å². The Morgan fingerprint density at radius 3 is 2.64 bits per heavy atom. The number of nitrogens with two attached hydrogens (primary N) is 1. The molecule has 0 saturated carbocycles. The first-order chi connectivity index (χ1) is 5.20. The standard InChI is InChI=1S/C4H4FN3O.ClHO/c5-2-1-7-4(9)8-3(2)6;1-2/h1H,(H3,6,7,8,9);2H. The minimum atomic E-state index is -0.713. The van der Waals surface area contributed by atoms with E-state index in [2.05, 4.69) is 16.9 Å². The molecule has 1 rings (SSSR count). The van der Waals surface area contributed by atoms with Crippen LogP contribution >= 0.6 is 11.9 Å². The first-order valence-electron chi connectivity index (χ1n) is 2.38. The largest absolute Gasteiger partial charge is 0.381 e. The molecule has 5 nitrogen and oxygen atoms in total. The lowest BCUT2D eigenvalue weighted by molar-refractivity contribution is 0.617. The molecule has 0 amide bonds. The Kier molecular flexibility index (Phi) is 4.16. The normalized spacial score (nSPS) is 8.27. The zero-order valence-corrected chi connectivity index (χ0v) is 5.97. The number of H-pyrrole nitrogens is 1.